The van der Waals surface area contributed by atoms with Crippen LogP contribution in [0.1, 0.15) is 10.8 Å². The number of rotatable bonds is 5. The van der Waals surface area contributed by atoms with Crippen molar-refractivity contribution in [3.05, 3.63) is 95.0 Å². The fraction of sp³-hybridized carbons (Fsp3) is 0.0500. The first-order valence-electron chi connectivity index (χ1n) is 7.55. The van der Waals surface area contributed by atoms with Gasteiger partial charge in [-0.15, -0.1) is 11.8 Å². The number of halogens is 1. The van der Waals surface area contributed by atoms with Gasteiger partial charge in [-0.25, -0.2) is 0 Å². The predicted molar refractivity (Wildman–Crippen MR) is 104 cm³/mol. The monoisotopic (exact) mass is 397 g/mol. The number of benzene rings is 3. The maximum Gasteiger partial charge on any atom is 0.242 e. The number of hydrogen-bond acceptors (Lipinski definition) is 2. The van der Waals surface area contributed by atoms with E-state index >= 15 is 0 Å². The van der Waals surface area contributed by atoms with Gasteiger partial charge in [-0.1, -0.05) is 70.5 Å². The van der Waals surface area contributed by atoms with E-state index < -0.39 is 0 Å². The molecule has 0 radical (unpaired) electrons. The van der Waals surface area contributed by atoms with Gasteiger partial charge in [-0.05, 0) is 35.9 Å². The summed E-state index contributed by atoms with van der Waals surface area (Å²) in [6.07, 6.45) is 0. The van der Waals surface area contributed by atoms with Gasteiger partial charge in [-0.3, -0.25) is 4.79 Å². The molecule has 0 spiro atoms. The number of thioether (sulfide) groups is 1. The molecule has 1 N–H and O–H groups in total. The SMILES string of the molecule is O=C(Nc1cccc(Br)c1)C(Sc1ccccc1)c1ccccc1. The van der Waals surface area contributed by atoms with Gasteiger partial charge in [0.1, 0.15) is 5.25 Å². The Bertz CT molecular complexity index is 808. The number of nitrogens with one attached hydrogen (secondary N) is 1. The quantitative estimate of drug-likeness (QED) is 0.541. The van der Waals surface area contributed by atoms with Crippen LogP contribution in [-0.2, 0) is 4.79 Å². The third-order valence-corrected chi connectivity index (χ3v) is 5.19. The van der Waals surface area contributed by atoms with E-state index in [0.29, 0.717) is 0 Å². The number of carbonyl (C=O) groups is 1. The Balaban J connectivity index is 1.85. The second-order valence-electron chi connectivity index (χ2n) is 5.22. The van der Waals surface area contributed by atoms with Gasteiger partial charge in [0.25, 0.3) is 0 Å². The summed E-state index contributed by atoms with van der Waals surface area (Å²) < 4.78 is 0.937. The van der Waals surface area contributed by atoms with Gasteiger partial charge in [0.15, 0.2) is 0 Å². The molecule has 1 amide bonds. The van der Waals surface area contributed by atoms with Gasteiger partial charge in [0, 0.05) is 15.1 Å². The lowest BCUT2D eigenvalue weighted by Gasteiger charge is -2.17. The molecule has 0 heterocycles. The minimum atomic E-state index is -0.312. The zero-order valence-corrected chi connectivity index (χ0v) is 15.3. The summed E-state index contributed by atoms with van der Waals surface area (Å²) in [7, 11) is 0. The average Bonchev–Trinajstić information content (AvgIpc) is 2.61. The highest BCUT2D eigenvalue weighted by Gasteiger charge is 2.22. The van der Waals surface area contributed by atoms with Crippen molar-refractivity contribution < 1.29 is 4.79 Å². The van der Waals surface area contributed by atoms with Gasteiger partial charge in [0.2, 0.25) is 5.91 Å². The van der Waals surface area contributed by atoms with Crippen molar-refractivity contribution in [2.75, 3.05) is 5.32 Å². The molecule has 0 aliphatic carbocycles. The summed E-state index contributed by atoms with van der Waals surface area (Å²) in [5.41, 5.74) is 1.77. The molecule has 3 rings (SSSR count). The summed E-state index contributed by atoms with van der Waals surface area (Å²) in [5.74, 6) is -0.0341. The lowest BCUT2D eigenvalue weighted by molar-refractivity contribution is -0.115. The van der Waals surface area contributed by atoms with Crippen molar-refractivity contribution in [3.63, 3.8) is 0 Å². The normalized spacial score (nSPS) is 11.7. The van der Waals surface area contributed by atoms with E-state index in [1.54, 1.807) is 11.8 Å². The molecule has 2 nitrogen and oxygen atoms in total. The molecule has 0 saturated carbocycles. The smallest absolute Gasteiger partial charge is 0.242 e. The molecule has 0 aliphatic rings. The van der Waals surface area contributed by atoms with Crippen molar-refractivity contribution >= 4 is 39.3 Å². The van der Waals surface area contributed by atoms with E-state index in [1.807, 2.05) is 84.9 Å². The standard InChI is InChI=1S/C20H16BrNOS/c21-16-10-7-11-17(14-16)22-20(23)19(15-8-3-1-4-9-15)24-18-12-5-2-6-13-18/h1-14,19H,(H,22,23). The lowest BCUT2D eigenvalue weighted by Crippen LogP contribution is -2.19. The molecule has 0 bridgehead atoms. The third-order valence-electron chi connectivity index (χ3n) is 3.43. The number of anilines is 1. The zero-order chi connectivity index (χ0) is 16.8. The van der Waals surface area contributed by atoms with E-state index in [9.17, 15) is 4.79 Å². The van der Waals surface area contributed by atoms with Crippen molar-refractivity contribution in [1.29, 1.82) is 0 Å². The predicted octanol–water partition coefficient (Wildman–Crippen LogP) is 5.92. The maximum atomic E-state index is 12.9. The molecule has 0 saturated heterocycles. The van der Waals surface area contributed by atoms with Gasteiger partial charge in [0.05, 0.1) is 0 Å². The fourth-order valence-electron chi connectivity index (χ4n) is 2.31. The second-order valence-corrected chi connectivity index (χ2v) is 7.32. The Morgan fingerprint density at radius 3 is 2.21 bits per heavy atom. The molecular formula is C20H16BrNOS. The molecule has 0 aromatic heterocycles. The largest absolute Gasteiger partial charge is 0.325 e. The first-order valence-corrected chi connectivity index (χ1v) is 9.23. The molecule has 3 aromatic carbocycles. The van der Waals surface area contributed by atoms with Crippen molar-refractivity contribution in [2.24, 2.45) is 0 Å². The number of amides is 1. The highest BCUT2D eigenvalue weighted by Crippen LogP contribution is 2.36. The van der Waals surface area contributed by atoms with Crippen LogP contribution in [0, 0.1) is 0 Å². The Kier molecular flexibility index (Phi) is 5.72. The molecule has 4 heteroatoms. The van der Waals surface area contributed by atoms with Gasteiger partial charge in [-0.2, -0.15) is 0 Å². The van der Waals surface area contributed by atoms with E-state index in [4.69, 9.17) is 0 Å². The third kappa shape index (κ3) is 4.49. The van der Waals surface area contributed by atoms with Crippen LogP contribution in [-0.4, -0.2) is 5.91 Å². The minimum Gasteiger partial charge on any atom is -0.325 e. The summed E-state index contributed by atoms with van der Waals surface area (Å²) in [5, 5.41) is 2.70. The maximum absolute atomic E-state index is 12.9. The van der Waals surface area contributed by atoms with Crippen LogP contribution < -0.4 is 5.32 Å². The Morgan fingerprint density at radius 2 is 1.54 bits per heavy atom. The Labute approximate surface area is 154 Å². The topological polar surface area (TPSA) is 29.1 Å². The Hall–Kier alpha value is -2.04. The van der Waals surface area contributed by atoms with Crippen molar-refractivity contribution in [1.82, 2.24) is 0 Å². The molecule has 0 aliphatic heterocycles. The van der Waals surface area contributed by atoms with E-state index in [2.05, 4.69) is 21.2 Å². The average molecular weight is 398 g/mol. The van der Waals surface area contributed by atoms with Crippen LogP contribution >= 0.6 is 27.7 Å². The summed E-state index contributed by atoms with van der Waals surface area (Å²) in [6, 6.07) is 27.5. The Morgan fingerprint density at radius 1 is 0.875 bits per heavy atom. The minimum absolute atomic E-state index is 0.0341. The molecule has 120 valence electrons. The first-order chi connectivity index (χ1) is 11.7. The molecule has 24 heavy (non-hydrogen) atoms. The summed E-state index contributed by atoms with van der Waals surface area (Å²) in [4.78, 5) is 13.9. The highest BCUT2D eigenvalue weighted by atomic mass is 79.9. The first kappa shape index (κ1) is 16.8. The van der Waals surface area contributed by atoms with Crippen LogP contribution in [0.2, 0.25) is 0 Å². The lowest BCUT2D eigenvalue weighted by atomic mass is 10.1. The molecular weight excluding hydrogens is 382 g/mol. The van der Waals surface area contributed by atoms with Crippen LogP contribution in [0.5, 0.6) is 0 Å². The van der Waals surface area contributed by atoms with Crippen LogP contribution in [0.25, 0.3) is 0 Å². The molecule has 0 fully saturated rings. The van der Waals surface area contributed by atoms with Gasteiger partial charge < -0.3 is 5.32 Å². The van der Waals surface area contributed by atoms with E-state index in [1.165, 1.54) is 0 Å². The fourth-order valence-corrected chi connectivity index (χ4v) is 3.75. The highest BCUT2D eigenvalue weighted by molar-refractivity contribution is 9.10. The summed E-state index contributed by atoms with van der Waals surface area (Å²) in [6.45, 7) is 0. The van der Waals surface area contributed by atoms with E-state index in [0.717, 1.165) is 20.6 Å². The van der Waals surface area contributed by atoms with Crippen LogP contribution in [0.4, 0.5) is 5.69 Å². The molecule has 1 atom stereocenters. The van der Waals surface area contributed by atoms with Crippen molar-refractivity contribution in [3.8, 4) is 0 Å². The van der Waals surface area contributed by atoms with E-state index in [-0.39, 0.29) is 11.2 Å². The number of carbonyl (C=O) groups excluding carboxylic acids is 1. The number of hydrogen-bond donors (Lipinski definition) is 1. The molecule has 1 unspecified atom stereocenters. The van der Waals surface area contributed by atoms with Crippen molar-refractivity contribution in [2.45, 2.75) is 10.1 Å². The second kappa shape index (κ2) is 8.18. The van der Waals surface area contributed by atoms with Crippen LogP contribution in [0.3, 0.4) is 0 Å². The molecule has 3 aromatic rings. The zero-order valence-electron chi connectivity index (χ0n) is 12.9. The van der Waals surface area contributed by atoms with Gasteiger partial charge >= 0.3 is 0 Å². The van der Waals surface area contributed by atoms with Crippen LogP contribution in [0.15, 0.2) is 94.3 Å². The summed E-state index contributed by atoms with van der Waals surface area (Å²) >= 11 is 4.98.